The number of carbonyl (C=O) groups is 1. The minimum Gasteiger partial charge on any atom is -0.409 e. The number of amidine groups is 1. The van der Waals surface area contributed by atoms with Crippen molar-refractivity contribution < 1.29 is 14.7 Å². The van der Waals surface area contributed by atoms with E-state index in [0.29, 0.717) is 38.9 Å². The zero-order valence-corrected chi connectivity index (χ0v) is 11.5. The Hall–Kier alpha value is -1.30. The molecule has 6 heteroatoms. The van der Waals surface area contributed by atoms with E-state index in [1.165, 1.54) is 0 Å². The minimum atomic E-state index is -0.753. The number of hydrogen-bond acceptors (Lipinski definition) is 4. The van der Waals surface area contributed by atoms with Crippen molar-refractivity contribution in [1.29, 1.82) is 0 Å². The lowest BCUT2D eigenvalue weighted by molar-refractivity contribution is -0.122. The third-order valence-electron chi connectivity index (χ3n) is 3.08. The van der Waals surface area contributed by atoms with Crippen molar-refractivity contribution in [1.82, 2.24) is 5.32 Å². The monoisotopic (exact) mass is 259 g/mol. The third-order valence-corrected chi connectivity index (χ3v) is 3.08. The topological polar surface area (TPSA) is 96.9 Å². The zero-order valence-electron chi connectivity index (χ0n) is 11.5. The fourth-order valence-corrected chi connectivity index (χ4v) is 1.76. The third kappa shape index (κ3) is 4.91. The first-order chi connectivity index (χ1) is 8.56. The van der Waals surface area contributed by atoms with Gasteiger partial charge in [-0.15, -0.1) is 0 Å². The maximum atomic E-state index is 11.8. The van der Waals surface area contributed by atoms with E-state index in [9.17, 15) is 4.79 Å². The Morgan fingerprint density at radius 1 is 1.39 bits per heavy atom. The summed E-state index contributed by atoms with van der Waals surface area (Å²) < 4.78 is 5.17. The van der Waals surface area contributed by atoms with Crippen molar-refractivity contribution in [3.05, 3.63) is 0 Å². The van der Waals surface area contributed by atoms with Gasteiger partial charge >= 0.3 is 0 Å². The summed E-state index contributed by atoms with van der Waals surface area (Å²) in [4.78, 5) is 11.8. The quantitative estimate of drug-likeness (QED) is 0.191. The van der Waals surface area contributed by atoms with Gasteiger partial charge in [-0.3, -0.25) is 4.79 Å². The number of ether oxygens (including phenoxy) is 1. The van der Waals surface area contributed by atoms with Crippen LogP contribution in [0.1, 0.15) is 46.5 Å². The number of nitrogens with two attached hydrogens (primary N) is 1. The summed E-state index contributed by atoms with van der Waals surface area (Å²) in [5.41, 5.74) is 4.91. The number of amides is 1. The van der Waals surface area contributed by atoms with Gasteiger partial charge in [0.2, 0.25) is 5.91 Å². The molecule has 0 aromatic rings. The molecule has 0 unspecified atom stereocenters. The Morgan fingerprint density at radius 3 is 2.44 bits per heavy atom. The first-order valence-electron chi connectivity index (χ1n) is 6.43. The summed E-state index contributed by atoms with van der Waals surface area (Å²) in [6.45, 7) is 6.92. The highest BCUT2D eigenvalue weighted by Gasteiger charge is 2.32. The van der Waals surface area contributed by atoms with Crippen LogP contribution in [0.3, 0.4) is 0 Å². The Morgan fingerprint density at radius 2 is 2.00 bits per heavy atom. The predicted octanol–water partition coefficient (Wildman–Crippen LogP) is 1.22. The van der Waals surface area contributed by atoms with Crippen molar-refractivity contribution >= 4 is 11.7 Å². The van der Waals surface area contributed by atoms with E-state index in [1.54, 1.807) is 0 Å². The van der Waals surface area contributed by atoms with Crippen LogP contribution in [0.4, 0.5) is 0 Å². The van der Waals surface area contributed by atoms with Crippen molar-refractivity contribution in [2.24, 2.45) is 10.9 Å². The largest absolute Gasteiger partial charge is 0.409 e. The SMILES string of the molecule is CCOCCCC(=O)NC(CC)(CC)C(N)=NO. The smallest absolute Gasteiger partial charge is 0.220 e. The van der Waals surface area contributed by atoms with E-state index in [-0.39, 0.29) is 11.7 Å². The predicted molar refractivity (Wildman–Crippen MR) is 70.6 cm³/mol. The molecule has 0 heterocycles. The first kappa shape index (κ1) is 16.7. The minimum absolute atomic E-state index is 0.0469. The molecule has 0 aromatic heterocycles. The van der Waals surface area contributed by atoms with Gasteiger partial charge in [-0.2, -0.15) is 0 Å². The number of nitrogens with zero attached hydrogens (tertiary/aromatic N) is 1. The van der Waals surface area contributed by atoms with Crippen molar-refractivity contribution in [3.63, 3.8) is 0 Å². The summed E-state index contributed by atoms with van der Waals surface area (Å²) in [6, 6.07) is 0. The average Bonchev–Trinajstić information content (AvgIpc) is 2.40. The van der Waals surface area contributed by atoms with Crippen molar-refractivity contribution in [2.75, 3.05) is 13.2 Å². The molecule has 106 valence electrons. The number of oxime groups is 1. The molecule has 0 radical (unpaired) electrons. The average molecular weight is 259 g/mol. The van der Waals surface area contributed by atoms with Gasteiger partial charge in [0.25, 0.3) is 0 Å². The van der Waals surface area contributed by atoms with Crippen molar-refractivity contribution in [3.8, 4) is 0 Å². The second kappa shape index (κ2) is 8.74. The Kier molecular flexibility index (Phi) is 8.11. The summed E-state index contributed by atoms with van der Waals surface area (Å²) in [6.07, 6.45) is 2.20. The van der Waals surface area contributed by atoms with Gasteiger partial charge in [-0.25, -0.2) is 0 Å². The molecule has 0 rings (SSSR count). The number of carbonyl (C=O) groups excluding carboxylic acids is 1. The van der Waals surface area contributed by atoms with Crippen LogP contribution in [0.25, 0.3) is 0 Å². The van der Waals surface area contributed by atoms with E-state index >= 15 is 0 Å². The molecule has 0 spiro atoms. The van der Waals surface area contributed by atoms with Crippen LogP contribution in [0.5, 0.6) is 0 Å². The number of hydrogen-bond donors (Lipinski definition) is 3. The zero-order chi connectivity index (χ0) is 14.0. The molecule has 0 aliphatic heterocycles. The Balaban J connectivity index is 4.37. The van der Waals surface area contributed by atoms with Crippen LogP contribution < -0.4 is 11.1 Å². The van der Waals surface area contributed by atoms with Gasteiger partial charge in [0.15, 0.2) is 5.84 Å². The molecule has 0 atom stereocenters. The standard InChI is InChI=1S/C12H25N3O3/c1-4-12(5-2,11(13)15-17)14-10(16)8-7-9-18-6-3/h17H,4-9H2,1-3H3,(H2,13,15)(H,14,16). The lowest BCUT2D eigenvalue weighted by Gasteiger charge is -2.31. The molecule has 0 saturated carbocycles. The van der Waals surface area contributed by atoms with Crippen LogP contribution in [0.15, 0.2) is 5.16 Å². The van der Waals surface area contributed by atoms with E-state index in [0.717, 1.165) is 0 Å². The molecule has 0 aliphatic carbocycles. The maximum Gasteiger partial charge on any atom is 0.220 e. The van der Waals surface area contributed by atoms with Crippen LogP contribution in [0, 0.1) is 0 Å². The van der Waals surface area contributed by atoms with E-state index in [2.05, 4.69) is 10.5 Å². The van der Waals surface area contributed by atoms with Crippen molar-refractivity contribution in [2.45, 2.75) is 52.0 Å². The van der Waals surface area contributed by atoms with Gasteiger partial charge < -0.3 is 21.0 Å². The lowest BCUT2D eigenvalue weighted by Crippen LogP contribution is -2.56. The molecular weight excluding hydrogens is 234 g/mol. The van der Waals surface area contributed by atoms with E-state index in [1.807, 2.05) is 20.8 Å². The van der Waals surface area contributed by atoms with Gasteiger partial charge in [0.05, 0.1) is 0 Å². The lowest BCUT2D eigenvalue weighted by atomic mass is 9.91. The highest BCUT2D eigenvalue weighted by molar-refractivity contribution is 5.93. The molecule has 4 N–H and O–H groups in total. The summed E-state index contributed by atoms with van der Waals surface area (Å²) in [7, 11) is 0. The molecule has 0 aliphatic rings. The second-order valence-electron chi connectivity index (χ2n) is 4.12. The highest BCUT2D eigenvalue weighted by atomic mass is 16.5. The molecule has 6 nitrogen and oxygen atoms in total. The molecule has 0 saturated heterocycles. The van der Waals surface area contributed by atoms with Crippen LogP contribution in [-0.4, -0.2) is 35.7 Å². The van der Waals surface area contributed by atoms with Gasteiger partial charge in [-0.1, -0.05) is 19.0 Å². The maximum absolute atomic E-state index is 11.8. The first-order valence-corrected chi connectivity index (χ1v) is 6.43. The normalized spacial score (nSPS) is 12.5. The number of rotatable bonds is 9. The van der Waals surface area contributed by atoms with Gasteiger partial charge in [0.1, 0.15) is 5.54 Å². The number of nitrogens with one attached hydrogen (secondary N) is 1. The molecule has 1 amide bonds. The molecule has 18 heavy (non-hydrogen) atoms. The van der Waals surface area contributed by atoms with Gasteiger partial charge in [0, 0.05) is 19.6 Å². The van der Waals surface area contributed by atoms with Crippen LogP contribution >= 0.6 is 0 Å². The summed E-state index contributed by atoms with van der Waals surface area (Å²) in [5, 5.41) is 14.7. The van der Waals surface area contributed by atoms with Crippen LogP contribution in [0.2, 0.25) is 0 Å². The highest BCUT2D eigenvalue weighted by Crippen LogP contribution is 2.15. The fourth-order valence-electron chi connectivity index (χ4n) is 1.76. The Bertz CT molecular complexity index is 276. The summed E-state index contributed by atoms with van der Waals surface area (Å²) >= 11 is 0. The van der Waals surface area contributed by atoms with E-state index < -0.39 is 5.54 Å². The van der Waals surface area contributed by atoms with Crippen LogP contribution in [-0.2, 0) is 9.53 Å². The second-order valence-corrected chi connectivity index (χ2v) is 4.12. The molecular formula is C12H25N3O3. The molecule has 0 aromatic carbocycles. The van der Waals surface area contributed by atoms with Gasteiger partial charge in [-0.05, 0) is 26.2 Å². The molecule has 0 fully saturated rings. The fraction of sp³-hybridized carbons (Fsp3) is 0.833. The summed E-state index contributed by atoms with van der Waals surface area (Å²) in [5.74, 6) is -0.0596. The molecule has 0 bridgehead atoms. The Labute approximate surface area is 109 Å². The van der Waals surface area contributed by atoms with E-state index in [4.69, 9.17) is 15.7 Å².